The van der Waals surface area contributed by atoms with Crippen molar-refractivity contribution in [3.63, 3.8) is 0 Å². The van der Waals surface area contributed by atoms with E-state index in [1.54, 1.807) is 6.07 Å². The molecule has 0 spiro atoms. The molecule has 0 aromatic heterocycles. The van der Waals surface area contributed by atoms with Crippen molar-refractivity contribution in [2.45, 2.75) is 33.5 Å². The van der Waals surface area contributed by atoms with Crippen molar-refractivity contribution in [3.05, 3.63) is 33.9 Å². The van der Waals surface area contributed by atoms with Crippen LogP contribution < -0.4 is 5.73 Å². The van der Waals surface area contributed by atoms with Gasteiger partial charge in [-0.15, -0.1) is 0 Å². The lowest BCUT2D eigenvalue weighted by atomic mass is 10.1. The fourth-order valence-corrected chi connectivity index (χ4v) is 1.26. The first-order valence-electron chi connectivity index (χ1n) is 5.56. The Hall–Kier alpha value is -1.62. The molecular weight excluding hydrogens is 220 g/mol. The third kappa shape index (κ3) is 3.71. The van der Waals surface area contributed by atoms with Gasteiger partial charge in [0, 0.05) is 6.07 Å². The second-order valence-corrected chi connectivity index (χ2v) is 4.41. The monoisotopic (exact) mass is 238 g/mol. The molecule has 1 atom stereocenters. The van der Waals surface area contributed by atoms with E-state index >= 15 is 0 Å². The summed E-state index contributed by atoms with van der Waals surface area (Å²) in [4.78, 5) is 10.2. The molecule has 0 fully saturated rings. The number of anilines is 1. The molecule has 0 saturated heterocycles. The van der Waals surface area contributed by atoms with Gasteiger partial charge in [-0.2, -0.15) is 0 Å². The third-order valence-corrected chi connectivity index (χ3v) is 2.74. The smallest absolute Gasteiger partial charge is 0.292 e. The first-order chi connectivity index (χ1) is 7.91. The van der Waals surface area contributed by atoms with E-state index in [4.69, 9.17) is 10.5 Å². The van der Waals surface area contributed by atoms with Crippen molar-refractivity contribution < 1.29 is 9.66 Å². The largest absolute Gasteiger partial charge is 0.393 e. The standard InChI is InChI=1S/C12H18N2O3/c1-8(2)9(3)17-7-10-4-5-11(13)12(6-10)14(15)16/h4-6,8-9H,7,13H2,1-3H3. The third-order valence-electron chi connectivity index (χ3n) is 2.74. The number of ether oxygens (including phenoxy) is 1. The number of hydrogen-bond acceptors (Lipinski definition) is 4. The van der Waals surface area contributed by atoms with Gasteiger partial charge >= 0.3 is 0 Å². The van der Waals surface area contributed by atoms with Crippen molar-refractivity contribution in [2.75, 3.05) is 5.73 Å². The van der Waals surface area contributed by atoms with Crippen molar-refractivity contribution in [3.8, 4) is 0 Å². The van der Waals surface area contributed by atoms with Crippen LogP contribution in [0.1, 0.15) is 26.3 Å². The summed E-state index contributed by atoms with van der Waals surface area (Å²) in [6.07, 6.45) is 0.117. The van der Waals surface area contributed by atoms with E-state index in [9.17, 15) is 10.1 Å². The van der Waals surface area contributed by atoms with Crippen LogP contribution in [-0.4, -0.2) is 11.0 Å². The molecule has 17 heavy (non-hydrogen) atoms. The van der Waals surface area contributed by atoms with E-state index in [-0.39, 0.29) is 17.5 Å². The van der Waals surface area contributed by atoms with Gasteiger partial charge in [-0.1, -0.05) is 19.9 Å². The second kappa shape index (κ2) is 5.63. The SMILES string of the molecule is CC(C)C(C)OCc1ccc(N)c([N+](=O)[O-])c1. The minimum absolute atomic E-state index is 0.0664. The predicted molar refractivity (Wildman–Crippen MR) is 66.6 cm³/mol. The Morgan fingerprint density at radius 2 is 2.06 bits per heavy atom. The van der Waals surface area contributed by atoms with Gasteiger partial charge in [-0.25, -0.2) is 0 Å². The molecule has 1 unspecified atom stereocenters. The molecule has 1 rings (SSSR count). The Labute approximate surface area is 101 Å². The van der Waals surface area contributed by atoms with E-state index in [0.717, 1.165) is 5.56 Å². The van der Waals surface area contributed by atoms with Crippen molar-refractivity contribution in [2.24, 2.45) is 5.92 Å². The van der Waals surface area contributed by atoms with E-state index in [0.29, 0.717) is 12.5 Å². The van der Waals surface area contributed by atoms with Crippen LogP contribution in [0.5, 0.6) is 0 Å². The summed E-state index contributed by atoms with van der Waals surface area (Å²) < 4.78 is 5.60. The zero-order chi connectivity index (χ0) is 13.0. The number of nitro groups is 1. The molecule has 1 aromatic rings. The summed E-state index contributed by atoms with van der Waals surface area (Å²) in [7, 11) is 0. The van der Waals surface area contributed by atoms with Crippen LogP contribution >= 0.6 is 0 Å². The Morgan fingerprint density at radius 3 is 2.59 bits per heavy atom. The molecule has 5 heteroatoms. The summed E-state index contributed by atoms with van der Waals surface area (Å²) in [5, 5.41) is 10.7. The summed E-state index contributed by atoms with van der Waals surface area (Å²) >= 11 is 0. The topological polar surface area (TPSA) is 78.4 Å². The zero-order valence-corrected chi connectivity index (χ0v) is 10.3. The van der Waals surface area contributed by atoms with E-state index in [2.05, 4.69) is 13.8 Å². The second-order valence-electron chi connectivity index (χ2n) is 4.41. The van der Waals surface area contributed by atoms with Crippen molar-refractivity contribution in [1.29, 1.82) is 0 Å². The zero-order valence-electron chi connectivity index (χ0n) is 10.3. The Kier molecular flexibility index (Phi) is 4.45. The van der Waals surface area contributed by atoms with Gasteiger partial charge in [0.1, 0.15) is 5.69 Å². The molecule has 0 aliphatic carbocycles. The molecule has 1 aromatic carbocycles. The highest BCUT2D eigenvalue weighted by atomic mass is 16.6. The molecule has 5 nitrogen and oxygen atoms in total. The summed E-state index contributed by atoms with van der Waals surface area (Å²) in [6.45, 7) is 6.48. The van der Waals surface area contributed by atoms with Gasteiger partial charge in [0.05, 0.1) is 17.6 Å². The van der Waals surface area contributed by atoms with Gasteiger partial charge in [-0.05, 0) is 24.5 Å². The minimum Gasteiger partial charge on any atom is -0.393 e. The van der Waals surface area contributed by atoms with Crippen LogP contribution in [0.2, 0.25) is 0 Å². The quantitative estimate of drug-likeness (QED) is 0.486. The van der Waals surface area contributed by atoms with Crippen molar-refractivity contribution in [1.82, 2.24) is 0 Å². The van der Waals surface area contributed by atoms with E-state index in [1.165, 1.54) is 12.1 Å². The van der Waals surface area contributed by atoms with Crippen LogP contribution in [0.3, 0.4) is 0 Å². The molecule has 0 amide bonds. The molecule has 0 aliphatic heterocycles. The average molecular weight is 238 g/mol. The van der Waals surface area contributed by atoms with Gasteiger partial charge in [0.25, 0.3) is 5.69 Å². The number of nitrogen functional groups attached to an aromatic ring is 1. The number of nitrogens with zero attached hydrogens (tertiary/aromatic N) is 1. The molecule has 94 valence electrons. The van der Waals surface area contributed by atoms with Crippen molar-refractivity contribution >= 4 is 11.4 Å². The fraction of sp³-hybridized carbons (Fsp3) is 0.500. The number of nitro benzene ring substituents is 1. The van der Waals surface area contributed by atoms with Gasteiger partial charge in [-0.3, -0.25) is 10.1 Å². The number of nitrogens with two attached hydrogens (primary N) is 1. The summed E-state index contributed by atoms with van der Waals surface area (Å²) in [5.74, 6) is 0.416. The minimum atomic E-state index is -0.481. The highest BCUT2D eigenvalue weighted by molar-refractivity contribution is 5.59. The van der Waals surface area contributed by atoms with Gasteiger partial charge < -0.3 is 10.5 Å². The van der Waals surface area contributed by atoms with Gasteiger partial charge in [0.15, 0.2) is 0 Å². The fourth-order valence-electron chi connectivity index (χ4n) is 1.26. The molecule has 2 N–H and O–H groups in total. The molecule has 0 saturated carbocycles. The first kappa shape index (κ1) is 13.4. The Balaban J connectivity index is 2.73. The summed E-state index contributed by atoms with van der Waals surface area (Å²) in [6, 6.07) is 4.74. The Bertz CT molecular complexity index is 405. The number of benzene rings is 1. The van der Waals surface area contributed by atoms with Gasteiger partial charge in [0.2, 0.25) is 0 Å². The maximum atomic E-state index is 10.7. The maximum Gasteiger partial charge on any atom is 0.292 e. The van der Waals surface area contributed by atoms with Crippen LogP contribution in [-0.2, 0) is 11.3 Å². The Morgan fingerprint density at radius 1 is 1.41 bits per heavy atom. The van der Waals surface area contributed by atoms with Crippen LogP contribution in [0.25, 0.3) is 0 Å². The molecule has 0 heterocycles. The van der Waals surface area contributed by atoms with Crippen LogP contribution in [0, 0.1) is 16.0 Å². The van der Waals surface area contributed by atoms with E-state index in [1.807, 2.05) is 6.92 Å². The lowest BCUT2D eigenvalue weighted by Crippen LogP contribution is -2.15. The predicted octanol–water partition coefficient (Wildman–Crippen LogP) is 2.74. The van der Waals surface area contributed by atoms with Crippen LogP contribution in [0.4, 0.5) is 11.4 Å². The molecule has 0 bridgehead atoms. The first-order valence-corrected chi connectivity index (χ1v) is 5.56. The van der Waals surface area contributed by atoms with Crippen LogP contribution in [0.15, 0.2) is 18.2 Å². The molecule has 0 aliphatic rings. The number of hydrogen-bond donors (Lipinski definition) is 1. The maximum absolute atomic E-state index is 10.7. The van der Waals surface area contributed by atoms with E-state index < -0.39 is 4.92 Å². The number of rotatable bonds is 5. The molecular formula is C12H18N2O3. The lowest BCUT2D eigenvalue weighted by Gasteiger charge is -2.16. The normalized spacial score (nSPS) is 12.7. The lowest BCUT2D eigenvalue weighted by molar-refractivity contribution is -0.384. The summed E-state index contributed by atoms with van der Waals surface area (Å²) in [5.41, 5.74) is 6.38. The highest BCUT2D eigenvalue weighted by Gasteiger charge is 2.13. The molecule has 0 radical (unpaired) electrons. The average Bonchev–Trinajstić information content (AvgIpc) is 2.26. The highest BCUT2D eigenvalue weighted by Crippen LogP contribution is 2.23.